The van der Waals surface area contributed by atoms with Crippen molar-refractivity contribution in [2.75, 3.05) is 97.1 Å². The van der Waals surface area contributed by atoms with E-state index in [1.54, 1.807) is 18.0 Å². The Bertz CT molecular complexity index is 2130. The molecule has 63 heavy (non-hydrogen) atoms. The number of benzene rings is 2. The van der Waals surface area contributed by atoms with Gasteiger partial charge in [-0.1, -0.05) is 24.3 Å². The number of oxazole rings is 1. The fraction of sp³-hybridized carbons (Fsp3) is 0.638. The van der Waals surface area contributed by atoms with E-state index in [-0.39, 0.29) is 30.4 Å². The highest BCUT2D eigenvalue weighted by Crippen LogP contribution is 2.33. The van der Waals surface area contributed by atoms with Gasteiger partial charge in [-0.25, -0.2) is 14.4 Å². The van der Waals surface area contributed by atoms with Crippen molar-refractivity contribution in [3.05, 3.63) is 63.6 Å². The smallest absolute Gasteiger partial charge is 0.419 e. The van der Waals surface area contributed by atoms with E-state index in [9.17, 15) is 24.0 Å². The number of esters is 1. The number of hydrogen-bond acceptors (Lipinski definition) is 11. The molecule has 4 amide bonds. The van der Waals surface area contributed by atoms with E-state index in [0.29, 0.717) is 88.1 Å². The Morgan fingerprint density at radius 2 is 1.51 bits per heavy atom. The molecule has 1 atom stereocenters. The zero-order valence-electron chi connectivity index (χ0n) is 37.1. The van der Waals surface area contributed by atoms with Gasteiger partial charge in [-0.15, -0.1) is 0 Å². The van der Waals surface area contributed by atoms with Gasteiger partial charge in [0, 0.05) is 84.1 Å². The topological polar surface area (TPSA) is 159 Å². The summed E-state index contributed by atoms with van der Waals surface area (Å²) in [5, 5.41) is 3.06. The number of anilines is 1. The first kappa shape index (κ1) is 44.7. The Kier molecular flexibility index (Phi) is 14.7. The molecule has 6 heterocycles. The Hall–Kier alpha value is -4.93. The molecule has 5 aliphatic heterocycles. The molecule has 5 aliphatic rings. The SMILES string of the molecule is Cc1cc(C[C@@H](OC(=O)N2CCC(N3CCc4ccccc4NC3=O)CC2)C(=O)N2CCC(C3CCN(CCC(=O)OCCCN4CCOCC4)CC3)CC2)cc2oc(=O)n(C)c12. The molecule has 0 unspecified atom stereocenters. The molecule has 8 rings (SSSR count). The maximum absolute atomic E-state index is 14.4. The van der Waals surface area contributed by atoms with Gasteiger partial charge in [0.05, 0.1) is 31.8 Å². The molecule has 0 saturated carbocycles. The maximum atomic E-state index is 14.4. The molecule has 16 heteroatoms. The summed E-state index contributed by atoms with van der Waals surface area (Å²) in [5.74, 6) is 0.258. The Balaban J connectivity index is 0.824. The van der Waals surface area contributed by atoms with Crippen LogP contribution < -0.4 is 11.1 Å². The summed E-state index contributed by atoms with van der Waals surface area (Å²) in [6.07, 6.45) is 5.67. The lowest BCUT2D eigenvalue weighted by molar-refractivity contribution is -0.144. The van der Waals surface area contributed by atoms with Crippen LogP contribution in [0.15, 0.2) is 45.6 Å². The summed E-state index contributed by atoms with van der Waals surface area (Å²) in [7, 11) is 1.66. The van der Waals surface area contributed by atoms with Gasteiger partial charge >= 0.3 is 23.8 Å². The average molecular weight is 872 g/mol. The van der Waals surface area contributed by atoms with E-state index in [4.69, 9.17) is 18.6 Å². The van der Waals surface area contributed by atoms with Gasteiger partial charge in [0.2, 0.25) is 0 Å². The van der Waals surface area contributed by atoms with Crippen molar-refractivity contribution < 1.29 is 37.8 Å². The molecule has 16 nitrogen and oxygen atoms in total. The van der Waals surface area contributed by atoms with Crippen molar-refractivity contribution in [2.24, 2.45) is 18.9 Å². The van der Waals surface area contributed by atoms with Gasteiger partial charge in [-0.05, 0) is 112 Å². The average Bonchev–Trinajstić information content (AvgIpc) is 3.48. The standard InChI is InChI=1S/C47H65N7O9/c1-33-30-34(31-40-43(33)49(2)46(58)62-40)32-41(63-47(59)53-22-13-38(14-23-53)54-24-12-37-6-3-4-7-39(37)48-45(54)57)44(56)52-20-10-36(11-21-52)35-8-17-51(18-9-35)19-15-42(55)61-27-5-16-50-25-28-60-29-26-50/h3-4,6-7,30-31,35-36,38,41H,5,8-29,32H2,1-2H3,(H,48,57)/t41-/m1/s1. The minimum atomic E-state index is -1.06. The van der Waals surface area contributed by atoms with Crippen molar-refractivity contribution in [3.8, 4) is 0 Å². The summed E-state index contributed by atoms with van der Waals surface area (Å²) >= 11 is 0. The predicted octanol–water partition coefficient (Wildman–Crippen LogP) is 4.65. The lowest BCUT2D eigenvalue weighted by atomic mass is 9.78. The highest BCUT2D eigenvalue weighted by atomic mass is 16.6. The fourth-order valence-electron chi connectivity index (χ4n) is 10.4. The number of carbonyl (C=O) groups is 4. The maximum Gasteiger partial charge on any atom is 0.419 e. The number of carbonyl (C=O) groups excluding carboxylic acids is 4. The number of amides is 4. The number of nitrogens with zero attached hydrogens (tertiary/aromatic N) is 6. The number of aromatic nitrogens is 1. The van der Waals surface area contributed by atoms with Crippen LogP contribution in [0.2, 0.25) is 0 Å². The first-order chi connectivity index (χ1) is 30.6. The van der Waals surface area contributed by atoms with Crippen LogP contribution in [0, 0.1) is 18.8 Å². The molecular formula is C47H65N7O9. The van der Waals surface area contributed by atoms with Gasteiger partial charge < -0.3 is 43.5 Å². The second kappa shape index (κ2) is 20.7. The van der Waals surface area contributed by atoms with Gasteiger partial charge in [-0.3, -0.25) is 19.1 Å². The number of morpholine rings is 1. The number of likely N-dealkylation sites (tertiary alicyclic amines) is 3. The number of ether oxygens (including phenoxy) is 3. The third-order valence-electron chi connectivity index (χ3n) is 14.1. The summed E-state index contributed by atoms with van der Waals surface area (Å²) < 4.78 is 24.1. The predicted molar refractivity (Wildman–Crippen MR) is 237 cm³/mol. The number of aryl methyl sites for hydroxylation is 2. The lowest BCUT2D eigenvalue weighted by Gasteiger charge is -2.41. The fourth-order valence-corrected chi connectivity index (χ4v) is 10.4. The number of rotatable bonds is 13. The monoisotopic (exact) mass is 871 g/mol. The highest BCUT2D eigenvalue weighted by molar-refractivity contribution is 5.91. The highest BCUT2D eigenvalue weighted by Gasteiger charge is 2.37. The third kappa shape index (κ3) is 11.1. The van der Waals surface area contributed by atoms with E-state index in [0.717, 1.165) is 107 Å². The second-order valence-electron chi connectivity index (χ2n) is 18.1. The molecule has 1 N–H and O–H groups in total. The summed E-state index contributed by atoms with van der Waals surface area (Å²) in [6, 6.07) is 11.4. The number of hydrogen-bond donors (Lipinski definition) is 1. The van der Waals surface area contributed by atoms with Gasteiger partial charge in [0.25, 0.3) is 5.91 Å². The number of fused-ring (bicyclic) bond motifs is 2. The van der Waals surface area contributed by atoms with Crippen LogP contribution in [0.3, 0.4) is 0 Å². The molecule has 2 aromatic carbocycles. The van der Waals surface area contributed by atoms with Crippen LogP contribution in [0.4, 0.5) is 15.3 Å². The summed E-state index contributed by atoms with van der Waals surface area (Å²) in [6.45, 7) is 11.9. The first-order valence-corrected chi connectivity index (χ1v) is 23.3. The van der Waals surface area contributed by atoms with Crippen LogP contribution in [-0.4, -0.2) is 157 Å². The van der Waals surface area contributed by atoms with Crippen molar-refractivity contribution in [1.29, 1.82) is 0 Å². The molecule has 342 valence electrons. The first-order valence-electron chi connectivity index (χ1n) is 23.3. The summed E-state index contributed by atoms with van der Waals surface area (Å²) in [4.78, 5) is 76.4. The minimum absolute atomic E-state index is 0.0191. The van der Waals surface area contributed by atoms with E-state index in [1.807, 2.05) is 47.1 Å². The van der Waals surface area contributed by atoms with Crippen LogP contribution in [-0.2, 0) is 43.7 Å². The quantitative estimate of drug-likeness (QED) is 0.188. The van der Waals surface area contributed by atoms with Gasteiger partial charge in [0.1, 0.15) is 0 Å². The molecule has 1 aromatic heterocycles. The molecule has 0 radical (unpaired) electrons. The zero-order valence-corrected chi connectivity index (χ0v) is 37.1. The van der Waals surface area contributed by atoms with Gasteiger partial charge in [0.15, 0.2) is 11.7 Å². The Morgan fingerprint density at radius 3 is 2.25 bits per heavy atom. The molecule has 4 fully saturated rings. The number of urea groups is 1. The molecule has 0 bridgehead atoms. The van der Waals surface area contributed by atoms with Crippen molar-refractivity contribution >= 4 is 40.8 Å². The number of para-hydroxylation sites is 1. The molecule has 4 saturated heterocycles. The normalized spacial score (nSPS) is 20.6. The molecular weight excluding hydrogens is 807 g/mol. The number of nitrogens with one attached hydrogen (secondary N) is 1. The van der Waals surface area contributed by atoms with E-state index >= 15 is 0 Å². The van der Waals surface area contributed by atoms with Crippen molar-refractivity contribution in [1.82, 2.24) is 29.1 Å². The number of piperidine rings is 3. The van der Waals surface area contributed by atoms with E-state index < -0.39 is 18.0 Å². The third-order valence-corrected chi connectivity index (χ3v) is 14.1. The van der Waals surface area contributed by atoms with Crippen LogP contribution in [0.1, 0.15) is 68.1 Å². The van der Waals surface area contributed by atoms with Crippen LogP contribution >= 0.6 is 0 Å². The molecule has 0 aliphatic carbocycles. The van der Waals surface area contributed by atoms with E-state index in [2.05, 4.69) is 15.1 Å². The van der Waals surface area contributed by atoms with Crippen LogP contribution in [0.25, 0.3) is 11.1 Å². The van der Waals surface area contributed by atoms with Crippen LogP contribution in [0.5, 0.6) is 0 Å². The lowest BCUT2D eigenvalue weighted by Crippen LogP contribution is -2.52. The second-order valence-corrected chi connectivity index (χ2v) is 18.1. The Morgan fingerprint density at radius 1 is 0.825 bits per heavy atom. The van der Waals surface area contributed by atoms with E-state index in [1.165, 1.54) is 4.57 Å². The Labute approximate surface area is 369 Å². The largest absolute Gasteiger partial charge is 0.466 e. The van der Waals surface area contributed by atoms with Gasteiger partial charge in [-0.2, -0.15) is 0 Å². The summed E-state index contributed by atoms with van der Waals surface area (Å²) in [5.41, 5.74) is 4.64. The molecule has 0 spiro atoms. The zero-order chi connectivity index (χ0) is 43.9. The van der Waals surface area contributed by atoms with Crippen molar-refractivity contribution in [2.45, 2.75) is 83.3 Å². The molecule has 3 aromatic rings. The minimum Gasteiger partial charge on any atom is -0.466 e. The van der Waals surface area contributed by atoms with Crippen molar-refractivity contribution in [3.63, 3.8) is 0 Å².